The molecule has 1 heterocycles. The molecular weight excluding hydrogens is 228 g/mol. The minimum Gasteiger partial charge on any atom is -0.379 e. The van der Waals surface area contributed by atoms with E-state index < -0.39 is 0 Å². The molecule has 18 heavy (non-hydrogen) atoms. The van der Waals surface area contributed by atoms with Gasteiger partial charge in [0.15, 0.2) is 0 Å². The summed E-state index contributed by atoms with van der Waals surface area (Å²) in [6.45, 7) is 9.58. The number of carbonyl (C=O) groups excluding carboxylic acids is 1. The summed E-state index contributed by atoms with van der Waals surface area (Å²) in [5, 5.41) is 3.32. The highest BCUT2D eigenvalue weighted by Gasteiger charge is 2.27. The molecule has 1 rings (SSSR count). The van der Waals surface area contributed by atoms with Crippen molar-refractivity contribution in [2.75, 3.05) is 32.8 Å². The molecule has 0 aromatic heterocycles. The molecule has 1 aliphatic heterocycles. The summed E-state index contributed by atoms with van der Waals surface area (Å²) in [6.07, 6.45) is 5.83. The van der Waals surface area contributed by atoms with Crippen LogP contribution in [0.1, 0.15) is 32.6 Å². The van der Waals surface area contributed by atoms with Gasteiger partial charge >= 0.3 is 0 Å². The van der Waals surface area contributed by atoms with Gasteiger partial charge in [-0.2, -0.15) is 0 Å². The van der Waals surface area contributed by atoms with Crippen LogP contribution in [0.2, 0.25) is 0 Å². The van der Waals surface area contributed by atoms with Crippen molar-refractivity contribution in [3.8, 4) is 0 Å². The first kappa shape index (κ1) is 15.2. The van der Waals surface area contributed by atoms with Gasteiger partial charge in [0.2, 0.25) is 5.91 Å². The number of ether oxygens (including phenoxy) is 1. The van der Waals surface area contributed by atoms with E-state index in [4.69, 9.17) is 4.74 Å². The van der Waals surface area contributed by atoms with E-state index in [2.05, 4.69) is 18.8 Å². The average molecular weight is 254 g/mol. The average Bonchev–Trinajstić information content (AvgIpc) is 2.39. The number of carbonyl (C=O) groups is 1. The van der Waals surface area contributed by atoms with Crippen LogP contribution in [-0.2, 0) is 9.53 Å². The summed E-state index contributed by atoms with van der Waals surface area (Å²) >= 11 is 0. The number of nitrogens with zero attached hydrogens (tertiary/aromatic N) is 1. The molecule has 1 fully saturated rings. The first-order chi connectivity index (χ1) is 8.79. The highest BCUT2D eigenvalue weighted by Crippen LogP contribution is 2.11. The van der Waals surface area contributed by atoms with Crippen molar-refractivity contribution >= 4 is 5.91 Å². The molecule has 1 saturated heterocycles. The van der Waals surface area contributed by atoms with E-state index in [9.17, 15) is 4.79 Å². The van der Waals surface area contributed by atoms with E-state index in [-0.39, 0.29) is 11.9 Å². The van der Waals surface area contributed by atoms with Crippen LogP contribution in [0.15, 0.2) is 12.7 Å². The first-order valence-corrected chi connectivity index (χ1v) is 7.00. The van der Waals surface area contributed by atoms with Crippen molar-refractivity contribution in [2.24, 2.45) is 0 Å². The second kappa shape index (κ2) is 9.11. The van der Waals surface area contributed by atoms with Crippen LogP contribution >= 0.6 is 0 Å². The van der Waals surface area contributed by atoms with Crippen LogP contribution in [0.4, 0.5) is 0 Å². The smallest absolute Gasteiger partial charge is 0.239 e. The maximum atomic E-state index is 12.1. The molecule has 1 aliphatic rings. The van der Waals surface area contributed by atoms with Crippen LogP contribution in [0.5, 0.6) is 0 Å². The summed E-state index contributed by atoms with van der Waals surface area (Å²) in [4.78, 5) is 14.1. The molecule has 0 spiro atoms. The molecule has 1 N–H and O–H groups in total. The quantitative estimate of drug-likeness (QED) is 0.501. The predicted octanol–water partition coefficient (Wildman–Crippen LogP) is 1.57. The Labute approximate surface area is 110 Å². The fourth-order valence-corrected chi connectivity index (χ4v) is 2.11. The molecule has 104 valence electrons. The maximum Gasteiger partial charge on any atom is 0.239 e. The summed E-state index contributed by atoms with van der Waals surface area (Å²) < 4.78 is 5.46. The van der Waals surface area contributed by atoms with Crippen molar-refractivity contribution in [1.82, 2.24) is 10.2 Å². The van der Waals surface area contributed by atoms with Gasteiger partial charge in [0, 0.05) is 13.1 Å². The van der Waals surface area contributed by atoms with Gasteiger partial charge < -0.3 is 15.0 Å². The maximum absolute atomic E-state index is 12.1. The minimum atomic E-state index is 0.0203. The van der Waals surface area contributed by atoms with Gasteiger partial charge in [0.1, 0.15) is 0 Å². The molecule has 0 saturated carbocycles. The lowest BCUT2D eigenvalue weighted by molar-refractivity contribution is -0.136. The third kappa shape index (κ3) is 5.19. The monoisotopic (exact) mass is 254 g/mol. The van der Waals surface area contributed by atoms with Gasteiger partial charge in [-0.15, -0.1) is 6.58 Å². The molecule has 1 amide bonds. The molecule has 0 radical (unpaired) electrons. The fourth-order valence-electron chi connectivity index (χ4n) is 2.11. The number of likely N-dealkylation sites (tertiary alicyclic amines) is 1. The van der Waals surface area contributed by atoms with E-state index >= 15 is 0 Å². The predicted molar refractivity (Wildman–Crippen MR) is 73.5 cm³/mol. The standard InChI is InChI=1S/C14H26N2O2/c1-3-5-11-18-12-10-16-9-6-7-13(14(16)17)15-8-4-2/h3,13,15H,1,4-12H2,2H3. The Hall–Kier alpha value is -0.870. The fraction of sp³-hybridized carbons (Fsp3) is 0.786. The van der Waals surface area contributed by atoms with Crippen LogP contribution in [0.3, 0.4) is 0 Å². The van der Waals surface area contributed by atoms with E-state index in [1.807, 2.05) is 11.0 Å². The van der Waals surface area contributed by atoms with Crippen molar-refractivity contribution in [3.05, 3.63) is 12.7 Å². The number of hydrogen-bond donors (Lipinski definition) is 1. The summed E-state index contributed by atoms with van der Waals surface area (Å²) in [5.41, 5.74) is 0. The second-order valence-corrected chi connectivity index (χ2v) is 4.66. The van der Waals surface area contributed by atoms with E-state index in [0.717, 1.165) is 38.8 Å². The van der Waals surface area contributed by atoms with Crippen molar-refractivity contribution in [3.63, 3.8) is 0 Å². The zero-order valence-corrected chi connectivity index (χ0v) is 11.5. The van der Waals surface area contributed by atoms with Crippen molar-refractivity contribution in [2.45, 2.75) is 38.6 Å². The molecule has 1 atom stereocenters. The van der Waals surface area contributed by atoms with Gasteiger partial charge in [0.05, 0.1) is 19.3 Å². The summed E-state index contributed by atoms with van der Waals surface area (Å²) in [6, 6.07) is 0.0203. The molecule has 0 aromatic carbocycles. The van der Waals surface area contributed by atoms with Gasteiger partial charge in [-0.25, -0.2) is 0 Å². The van der Waals surface area contributed by atoms with E-state index in [1.165, 1.54) is 0 Å². The van der Waals surface area contributed by atoms with Crippen LogP contribution < -0.4 is 5.32 Å². The zero-order chi connectivity index (χ0) is 13.2. The number of nitrogens with one attached hydrogen (secondary N) is 1. The lowest BCUT2D eigenvalue weighted by Crippen LogP contribution is -2.51. The zero-order valence-electron chi connectivity index (χ0n) is 11.5. The number of rotatable bonds is 9. The lowest BCUT2D eigenvalue weighted by atomic mass is 10.0. The van der Waals surface area contributed by atoms with Crippen molar-refractivity contribution in [1.29, 1.82) is 0 Å². The van der Waals surface area contributed by atoms with E-state index in [0.29, 0.717) is 19.8 Å². The highest BCUT2D eigenvalue weighted by molar-refractivity contribution is 5.82. The molecular formula is C14H26N2O2. The Kier molecular flexibility index (Phi) is 7.69. The molecule has 4 heteroatoms. The SMILES string of the molecule is C=CCCOCCN1CCCC(NCCC)C1=O. The van der Waals surface area contributed by atoms with Gasteiger partial charge in [0.25, 0.3) is 0 Å². The van der Waals surface area contributed by atoms with Gasteiger partial charge in [-0.3, -0.25) is 4.79 Å². The Morgan fingerprint density at radius 2 is 2.39 bits per heavy atom. The van der Waals surface area contributed by atoms with E-state index in [1.54, 1.807) is 0 Å². The molecule has 1 unspecified atom stereocenters. The topological polar surface area (TPSA) is 41.6 Å². The Bertz CT molecular complexity index is 256. The normalized spacial score (nSPS) is 20.2. The third-order valence-electron chi connectivity index (χ3n) is 3.14. The summed E-state index contributed by atoms with van der Waals surface area (Å²) in [5.74, 6) is 0.238. The minimum absolute atomic E-state index is 0.0203. The lowest BCUT2D eigenvalue weighted by Gasteiger charge is -2.32. The molecule has 0 aromatic rings. The second-order valence-electron chi connectivity index (χ2n) is 4.66. The van der Waals surface area contributed by atoms with Crippen LogP contribution in [-0.4, -0.2) is 49.7 Å². The van der Waals surface area contributed by atoms with Crippen LogP contribution in [0.25, 0.3) is 0 Å². The molecule has 0 bridgehead atoms. The largest absolute Gasteiger partial charge is 0.379 e. The highest BCUT2D eigenvalue weighted by atomic mass is 16.5. The van der Waals surface area contributed by atoms with Crippen LogP contribution in [0, 0.1) is 0 Å². The summed E-state index contributed by atoms with van der Waals surface area (Å²) in [7, 11) is 0. The molecule has 4 nitrogen and oxygen atoms in total. The number of hydrogen-bond acceptors (Lipinski definition) is 3. The Morgan fingerprint density at radius 1 is 1.56 bits per heavy atom. The van der Waals surface area contributed by atoms with Crippen molar-refractivity contribution < 1.29 is 9.53 Å². The first-order valence-electron chi connectivity index (χ1n) is 7.00. The Morgan fingerprint density at radius 3 is 3.11 bits per heavy atom. The Balaban J connectivity index is 2.23. The third-order valence-corrected chi connectivity index (χ3v) is 3.14. The van der Waals surface area contributed by atoms with Gasteiger partial charge in [-0.1, -0.05) is 13.0 Å². The number of amides is 1. The number of piperidine rings is 1. The van der Waals surface area contributed by atoms with Gasteiger partial charge in [-0.05, 0) is 32.2 Å². The molecule has 0 aliphatic carbocycles.